The van der Waals surface area contributed by atoms with E-state index in [0.29, 0.717) is 29.4 Å². The zero-order chi connectivity index (χ0) is 12.1. The molecule has 0 spiro atoms. The van der Waals surface area contributed by atoms with E-state index in [4.69, 9.17) is 17.3 Å². The highest BCUT2D eigenvalue weighted by Gasteiger charge is 2.16. The minimum absolute atomic E-state index is 0.125. The van der Waals surface area contributed by atoms with Crippen LogP contribution in [0.2, 0.25) is 5.02 Å². The third-order valence-corrected chi connectivity index (χ3v) is 2.57. The van der Waals surface area contributed by atoms with Crippen molar-refractivity contribution < 1.29 is 4.79 Å². The number of carbonyl (C=O) groups is 1. The molecule has 0 aliphatic rings. The first-order valence-electron chi connectivity index (χ1n) is 5.05. The van der Waals surface area contributed by atoms with Crippen LogP contribution in [0.3, 0.4) is 0 Å². The fourth-order valence-corrected chi connectivity index (χ4v) is 1.59. The summed E-state index contributed by atoms with van der Waals surface area (Å²) in [5.41, 5.74) is 6.60. The fraction of sp³-hybridized carbons (Fsp3) is 0.250. The number of nitrogens with zero attached hydrogens (tertiary/aromatic N) is 1. The molecule has 0 unspecified atom stereocenters. The van der Waals surface area contributed by atoms with Gasteiger partial charge in [0.1, 0.15) is 0 Å². The van der Waals surface area contributed by atoms with Crippen molar-refractivity contribution in [3.63, 3.8) is 0 Å². The molecule has 0 radical (unpaired) electrons. The van der Waals surface area contributed by atoms with E-state index in [1.165, 1.54) is 0 Å². The predicted octanol–water partition coefficient (Wildman–Crippen LogP) is 2.57. The summed E-state index contributed by atoms with van der Waals surface area (Å²) in [4.78, 5) is 13.7. The third-order valence-electron chi connectivity index (χ3n) is 2.24. The van der Waals surface area contributed by atoms with Gasteiger partial charge in [0.05, 0.1) is 10.6 Å². The van der Waals surface area contributed by atoms with Gasteiger partial charge in [0.15, 0.2) is 0 Å². The van der Waals surface area contributed by atoms with Crippen molar-refractivity contribution in [3.05, 3.63) is 41.4 Å². The van der Waals surface area contributed by atoms with Crippen LogP contribution in [0.4, 0.5) is 5.69 Å². The number of amides is 1. The van der Waals surface area contributed by atoms with E-state index in [0.717, 1.165) is 0 Å². The molecule has 0 saturated carbocycles. The molecule has 0 bridgehead atoms. The smallest absolute Gasteiger partial charge is 0.255 e. The second kappa shape index (κ2) is 5.56. The van der Waals surface area contributed by atoms with Crippen molar-refractivity contribution in [1.82, 2.24) is 4.90 Å². The van der Waals surface area contributed by atoms with Crippen LogP contribution in [0, 0.1) is 0 Å². The molecule has 1 amide bonds. The molecule has 0 fully saturated rings. The van der Waals surface area contributed by atoms with Gasteiger partial charge in [-0.15, -0.1) is 6.58 Å². The second-order valence-electron chi connectivity index (χ2n) is 3.37. The SMILES string of the molecule is C=CCN(CC)C(=O)c1cc(N)ccc1Cl. The van der Waals surface area contributed by atoms with E-state index in [1.54, 1.807) is 29.2 Å². The Labute approximate surface area is 100 Å². The number of benzene rings is 1. The van der Waals surface area contributed by atoms with Crippen LogP contribution in [0.5, 0.6) is 0 Å². The Morgan fingerprint density at radius 2 is 2.31 bits per heavy atom. The number of rotatable bonds is 4. The highest BCUT2D eigenvalue weighted by atomic mass is 35.5. The maximum atomic E-state index is 12.1. The molecule has 1 aromatic rings. The normalized spacial score (nSPS) is 9.88. The Hall–Kier alpha value is -1.48. The molecule has 4 heteroatoms. The molecule has 16 heavy (non-hydrogen) atoms. The van der Waals surface area contributed by atoms with E-state index >= 15 is 0 Å². The van der Waals surface area contributed by atoms with Gasteiger partial charge in [-0.2, -0.15) is 0 Å². The van der Waals surface area contributed by atoms with Crippen molar-refractivity contribution in [3.8, 4) is 0 Å². The van der Waals surface area contributed by atoms with Crippen LogP contribution in [-0.4, -0.2) is 23.9 Å². The van der Waals surface area contributed by atoms with Gasteiger partial charge in [0, 0.05) is 18.8 Å². The lowest BCUT2D eigenvalue weighted by Gasteiger charge is -2.19. The van der Waals surface area contributed by atoms with Crippen molar-refractivity contribution in [2.45, 2.75) is 6.92 Å². The number of nitrogen functional groups attached to an aromatic ring is 1. The molecule has 0 saturated heterocycles. The summed E-state index contributed by atoms with van der Waals surface area (Å²) < 4.78 is 0. The van der Waals surface area contributed by atoms with E-state index < -0.39 is 0 Å². The summed E-state index contributed by atoms with van der Waals surface area (Å²) in [6.07, 6.45) is 1.68. The van der Waals surface area contributed by atoms with Crippen LogP contribution in [0.1, 0.15) is 17.3 Å². The molecule has 0 aliphatic carbocycles. The van der Waals surface area contributed by atoms with Crippen molar-refractivity contribution in [2.24, 2.45) is 0 Å². The maximum Gasteiger partial charge on any atom is 0.255 e. The molecule has 0 atom stereocenters. The Morgan fingerprint density at radius 3 is 2.88 bits per heavy atom. The summed E-state index contributed by atoms with van der Waals surface area (Å²) in [6.45, 7) is 6.62. The standard InChI is InChI=1S/C12H15ClN2O/c1-3-7-15(4-2)12(16)10-8-9(14)5-6-11(10)13/h3,5-6,8H,1,4,7,14H2,2H3. The van der Waals surface area contributed by atoms with Gasteiger partial charge in [0.2, 0.25) is 0 Å². The van der Waals surface area contributed by atoms with Crippen LogP contribution in [-0.2, 0) is 0 Å². The molecule has 3 nitrogen and oxygen atoms in total. The quantitative estimate of drug-likeness (QED) is 0.647. The lowest BCUT2D eigenvalue weighted by molar-refractivity contribution is 0.0782. The minimum atomic E-state index is -0.125. The number of likely N-dealkylation sites (N-methyl/N-ethyl adjacent to an activating group) is 1. The average molecular weight is 239 g/mol. The zero-order valence-corrected chi connectivity index (χ0v) is 10.00. The van der Waals surface area contributed by atoms with Gasteiger partial charge < -0.3 is 10.6 Å². The number of nitrogens with two attached hydrogens (primary N) is 1. The monoisotopic (exact) mass is 238 g/mol. The number of carbonyl (C=O) groups excluding carboxylic acids is 1. The van der Waals surface area contributed by atoms with E-state index in [2.05, 4.69) is 6.58 Å². The molecule has 86 valence electrons. The lowest BCUT2D eigenvalue weighted by Crippen LogP contribution is -2.31. The number of halogens is 1. The second-order valence-corrected chi connectivity index (χ2v) is 3.78. The van der Waals surface area contributed by atoms with Crippen LogP contribution in [0.25, 0.3) is 0 Å². The molecule has 2 N–H and O–H groups in total. The van der Waals surface area contributed by atoms with Gasteiger partial charge in [-0.3, -0.25) is 4.79 Å². The number of hydrogen-bond acceptors (Lipinski definition) is 2. The van der Waals surface area contributed by atoms with Crippen molar-refractivity contribution in [1.29, 1.82) is 0 Å². The van der Waals surface area contributed by atoms with Crippen LogP contribution >= 0.6 is 11.6 Å². The average Bonchev–Trinajstić information content (AvgIpc) is 2.28. The van der Waals surface area contributed by atoms with E-state index in [9.17, 15) is 4.79 Å². The van der Waals surface area contributed by atoms with Gasteiger partial charge in [-0.05, 0) is 25.1 Å². The predicted molar refractivity (Wildman–Crippen MR) is 67.6 cm³/mol. The summed E-state index contributed by atoms with van der Waals surface area (Å²) in [7, 11) is 0. The summed E-state index contributed by atoms with van der Waals surface area (Å²) in [6, 6.07) is 4.89. The van der Waals surface area contributed by atoms with E-state index in [-0.39, 0.29) is 5.91 Å². The maximum absolute atomic E-state index is 12.1. The van der Waals surface area contributed by atoms with Gasteiger partial charge in [-0.25, -0.2) is 0 Å². The highest BCUT2D eigenvalue weighted by Crippen LogP contribution is 2.20. The number of anilines is 1. The Kier molecular flexibility index (Phi) is 4.38. The lowest BCUT2D eigenvalue weighted by atomic mass is 10.1. The molecular weight excluding hydrogens is 224 g/mol. The van der Waals surface area contributed by atoms with Gasteiger partial charge in [0.25, 0.3) is 5.91 Å². The first kappa shape index (κ1) is 12.6. The van der Waals surface area contributed by atoms with Crippen molar-refractivity contribution >= 4 is 23.2 Å². The molecule has 1 aromatic carbocycles. The first-order valence-corrected chi connectivity index (χ1v) is 5.43. The Balaban J connectivity index is 3.02. The number of hydrogen-bond donors (Lipinski definition) is 1. The summed E-state index contributed by atoms with van der Waals surface area (Å²) >= 11 is 5.96. The first-order chi connectivity index (χ1) is 7.60. The molecule has 1 rings (SSSR count). The minimum Gasteiger partial charge on any atom is -0.399 e. The van der Waals surface area contributed by atoms with Crippen LogP contribution < -0.4 is 5.73 Å². The van der Waals surface area contributed by atoms with Crippen molar-refractivity contribution in [2.75, 3.05) is 18.8 Å². The molecular formula is C12H15ClN2O. The zero-order valence-electron chi connectivity index (χ0n) is 9.24. The molecule has 0 heterocycles. The van der Waals surface area contributed by atoms with Gasteiger partial charge in [-0.1, -0.05) is 17.7 Å². The van der Waals surface area contributed by atoms with E-state index in [1.807, 2.05) is 6.92 Å². The Bertz CT molecular complexity index is 404. The third kappa shape index (κ3) is 2.76. The highest BCUT2D eigenvalue weighted by molar-refractivity contribution is 6.34. The molecule has 0 aromatic heterocycles. The fourth-order valence-electron chi connectivity index (χ4n) is 1.39. The topological polar surface area (TPSA) is 46.3 Å². The largest absolute Gasteiger partial charge is 0.399 e. The molecule has 0 aliphatic heterocycles. The Morgan fingerprint density at radius 1 is 1.62 bits per heavy atom. The van der Waals surface area contributed by atoms with Gasteiger partial charge >= 0.3 is 0 Å². The summed E-state index contributed by atoms with van der Waals surface area (Å²) in [5.74, 6) is -0.125. The van der Waals surface area contributed by atoms with Crippen LogP contribution in [0.15, 0.2) is 30.9 Å². The summed E-state index contributed by atoms with van der Waals surface area (Å²) in [5, 5.41) is 0.418.